The SMILES string of the molecule is CCCCC[C@H]1CC[C@H](C=CC#C[C@H]2CC[C@H](COc3ccc(CCC)cc3)CC2)CC1. The summed E-state index contributed by atoms with van der Waals surface area (Å²) < 4.78 is 6.07. The number of allylic oxidation sites excluding steroid dienone is 2. The fraction of sp³-hybridized carbons (Fsp3) is 0.677. The Balaban J connectivity index is 1.28. The van der Waals surface area contributed by atoms with E-state index in [0.29, 0.717) is 11.8 Å². The predicted octanol–water partition coefficient (Wildman–Crippen LogP) is 8.77. The van der Waals surface area contributed by atoms with Crippen LogP contribution in [-0.4, -0.2) is 6.61 Å². The van der Waals surface area contributed by atoms with Crippen molar-refractivity contribution in [1.29, 1.82) is 0 Å². The van der Waals surface area contributed by atoms with E-state index in [1.807, 2.05) is 0 Å². The number of benzene rings is 1. The zero-order chi connectivity index (χ0) is 22.4. The molecule has 0 spiro atoms. The van der Waals surface area contributed by atoms with Crippen molar-refractivity contribution in [2.24, 2.45) is 23.7 Å². The van der Waals surface area contributed by atoms with E-state index in [1.54, 1.807) is 0 Å². The van der Waals surface area contributed by atoms with E-state index in [0.717, 1.165) is 30.6 Å². The third kappa shape index (κ3) is 9.05. The first-order valence-corrected chi connectivity index (χ1v) is 13.7. The van der Waals surface area contributed by atoms with Crippen LogP contribution in [0.25, 0.3) is 0 Å². The Morgan fingerprint density at radius 2 is 1.56 bits per heavy atom. The molecule has 2 aliphatic rings. The van der Waals surface area contributed by atoms with Gasteiger partial charge in [-0.2, -0.15) is 0 Å². The molecule has 0 aromatic heterocycles. The molecule has 0 unspecified atom stereocenters. The Bertz CT molecular complexity index is 703. The van der Waals surface area contributed by atoms with E-state index in [4.69, 9.17) is 4.74 Å². The second-order valence-electron chi connectivity index (χ2n) is 10.3. The molecule has 0 atom stereocenters. The van der Waals surface area contributed by atoms with Gasteiger partial charge in [0.2, 0.25) is 0 Å². The van der Waals surface area contributed by atoms with E-state index < -0.39 is 0 Å². The first-order valence-electron chi connectivity index (χ1n) is 13.7. The zero-order valence-electron chi connectivity index (χ0n) is 20.8. The molecule has 2 aliphatic carbocycles. The highest BCUT2D eigenvalue weighted by Crippen LogP contribution is 2.33. The summed E-state index contributed by atoms with van der Waals surface area (Å²) in [7, 11) is 0. The van der Waals surface area contributed by atoms with E-state index >= 15 is 0 Å². The first-order chi connectivity index (χ1) is 15.8. The molecule has 1 heteroatoms. The number of ether oxygens (including phenoxy) is 1. The lowest BCUT2D eigenvalue weighted by atomic mass is 9.79. The van der Waals surface area contributed by atoms with Gasteiger partial charge in [0, 0.05) is 5.92 Å². The van der Waals surface area contributed by atoms with Gasteiger partial charge < -0.3 is 4.74 Å². The van der Waals surface area contributed by atoms with E-state index in [2.05, 4.69) is 62.1 Å². The summed E-state index contributed by atoms with van der Waals surface area (Å²) >= 11 is 0. The van der Waals surface area contributed by atoms with Gasteiger partial charge in [-0.25, -0.2) is 0 Å². The molecule has 1 aromatic carbocycles. The van der Waals surface area contributed by atoms with Gasteiger partial charge in [-0.15, -0.1) is 0 Å². The van der Waals surface area contributed by atoms with Gasteiger partial charge in [-0.05, 0) is 99.3 Å². The summed E-state index contributed by atoms with van der Waals surface area (Å²) in [5, 5.41) is 0. The summed E-state index contributed by atoms with van der Waals surface area (Å²) in [5.41, 5.74) is 1.41. The lowest BCUT2D eigenvalue weighted by Gasteiger charge is -2.26. The van der Waals surface area contributed by atoms with Crippen molar-refractivity contribution in [3.63, 3.8) is 0 Å². The number of rotatable bonds is 10. The van der Waals surface area contributed by atoms with Crippen LogP contribution in [0.4, 0.5) is 0 Å². The highest BCUT2D eigenvalue weighted by atomic mass is 16.5. The Kier molecular flexibility index (Phi) is 11.3. The van der Waals surface area contributed by atoms with Crippen LogP contribution in [0.3, 0.4) is 0 Å². The summed E-state index contributed by atoms with van der Waals surface area (Å²) in [6.45, 7) is 5.38. The Morgan fingerprint density at radius 3 is 2.25 bits per heavy atom. The molecule has 32 heavy (non-hydrogen) atoms. The molecule has 2 saturated carbocycles. The van der Waals surface area contributed by atoms with Gasteiger partial charge in [0.25, 0.3) is 0 Å². The highest BCUT2D eigenvalue weighted by molar-refractivity contribution is 5.27. The van der Waals surface area contributed by atoms with Gasteiger partial charge in [0.15, 0.2) is 0 Å². The van der Waals surface area contributed by atoms with Crippen molar-refractivity contribution in [3.05, 3.63) is 42.0 Å². The fourth-order valence-electron chi connectivity index (χ4n) is 5.43. The minimum atomic E-state index is 0.582. The molecule has 2 fully saturated rings. The molecule has 0 saturated heterocycles. The average molecular weight is 435 g/mol. The molecule has 3 rings (SSSR count). The number of unbranched alkanes of at least 4 members (excludes halogenated alkanes) is 2. The van der Waals surface area contributed by atoms with Gasteiger partial charge >= 0.3 is 0 Å². The topological polar surface area (TPSA) is 9.23 Å². The molecule has 1 nitrogen and oxygen atoms in total. The van der Waals surface area contributed by atoms with Crippen molar-refractivity contribution in [3.8, 4) is 17.6 Å². The smallest absolute Gasteiger partial charge is 0.119 e. The van der Waals surface area contributed by atoms with E-state index in [1.165, 1.54) is 89.0 Å². The monoisotopic (exact) mass is 434 g/mol. The van der Waals surface area contributed by atoms with Gasteiger partial charge in [0.05, 0.1) is 6.61 Å². The molecular formula is C31H46O. The van der Waals surface area contributed by atoms with Crippen LogP contribution < -0.4 is 4.74 Å². The summed E-state index contributed by atoms with van der Waals surface area (Å²) in [6, 6.07) is 8.68. The van der Waals surface area contributed by atoms with Crippen molar-refractivity contribution in [1.82, 2.24) is 0 Å². The largest absolute Gasteiger partial charge is 0.493 e. The van der Waals surface area contributed by atoms with Gasteiger partial charge in [-0.3, -0.25) is 0 Å². The van der Waals surface area contributed by atoms with E-state index in [-0.39, 0.29) is 0 Å². The lowest BCUT2D eigenvalue weighted by molar-refractivity contribution is 0.196. The quantitative estimate of drug-likeness (QED) is 0.264. The summed E-state index contributed by atoms with van der Waals surface area (Å²) in [6.07, 6.45) is 23.2. The molecule has 0 aliphatic heterocycles. The fourth-order valence-corrected chi connectivity index (χ4v) is 5.43. The molecule has 0 heterocycles. The van der Waals surface area contributed by atoms with Crippen LogP contribution in [0.2, 0.25) is 0 Å². The standard InChI is InChI=1S/C31H46O/c1-3-5-6-10-27-13-15-28(16-14-27)11-7-8-12-29-17-19-30(20-18-29)25-32-31-23-21-26(9-4-2)22-24-31/h7,11,21-24,27-30H,3-6,9-10,13-20,25H2,1-2H3/t27-,28-,29-,30-. The van der Waals surface area contributed by atoms with E-state index in [9.17, 15) is 0 Å². The van der Waals surface area contributed by atoms with Crippen molar-refractivity contribution in [2.45, 2.75) is 104 Å². The second-order valence-corrected chi connectivity index (χ2v) is 10.3. The van der Waals surface area contributed by atoms with Crippen molar-refractivity contribution in [2.75, 3.05) is 6.61 Å². The zero-order valence-corrected chi connectivity index (χ0v) is 20.8. The minimum Gasteiger partial charge on any atom is -0.493 e. The maximum atomic E-state index is 6.07. The molecule has 0 amide bonds. The summed E-state index contributed by atoms with van der Waals surface area (Å²) in [5.74, 6) is 11.0. The van der Waals surface area contributed by atoms with Crippen LogP contribution in [-0.2, 0) is 6.42 Å². The van der Waals surface area contributed by atoms with Crippen molar-refractivity contribution >= 4 is 0 Å². The van der Waals surface area contributed by atoms with Gasteiger partial charge in [0.1, 0.15) is 5.75 Å². The number of hydrogen-bond acceptors (Lipinski definition) is 1. The van der Waals surface area contributed by atoms with Crippen LogP contribution in [0.1, 0.15) is 103 Å². The first kappa shape index (κ1) is 25.0. The molecule has 1 aromatic rings. The minimum absolute atomic E-state index is 0.582. The Morgan fingerprint density at radius 1 is 0.844 bits per heavy atom. The lowest BCUT2D eigenvalue weighted by Crippen LogP contribution is -2.19. The third-order valence-corrected chi connectivity index (χ3v) is 7.64. The van der Waals surface area contributed by atoms with Crippen LogP contribution >= 0.6 is 0 Å². The van der Waals surface area contributed by atoms with Crippen LogP contribution in [0, 0.1) is 35.5 Å². The van der Waals surface area contributed by atoms with Crippen LogP contribution in [0.15, 0.2) is 36.4 Å². The molecule has 176 valence electrons. The molecule has 0 bridgehead atoms. The maximum absolute atomic E-state index is 6.07. The van der Waals surface area contributed by atoms with Crippen LogP contribution in [0.5, 0.6) is 5.75 Å². The number of aryl methyl sites for hydroxylation is 1. The third-order valence-electron chi connectivity index (χ3n) is 7.64. The second kappa shape index (κ2) is 14.5. The number of hydrogen-bond donors (Lipinski definition) is 0. The van der Waals surface area contributed by atoms with Gasteiger partial charge in [-0.1, -0.05) is 76.0 Å². The predicted molar refractivity (Wildman–Crippen MR) is 138 cm³/mol. The highest BCUT2D eigenvalue weighted by Gasteiger charge is 2.21. The summed E-state index contributed by atoms with van der Waals surface area (Å²) in [4.78, 5) is 0. The van der Waals surface area contributed by atoms with Crippen molar-refractivity contribution < 1.29 is 4.74 Å². The maximum Gasteiger partial charge on any atom is 0.119 e. The molecule has 0 N–H and O–H groups in total. The Labute approximate surface area is 198 Å². The average Bonchev–Trinajstić information content (AvgIpc) is 2.83. The molecular weight excluding hydrogens is 388 g/mol. The molecule has 0 radical (unpaired) electrons. The Hall–Kier alpha value is -1.68. The normalized spacial score (nSPS) is 25.9.